The van der Waals surface area contributed by atoms with Crippen LogP contribution in [0, 0.1) is 0 Å². The van der Waals surface area contributed by atoms with Crippen molar-refractivity contribution in [2.45, 2.75) is 26.7 Å². The topological polar surface area (TPSA) is 9.23 Å². The third-order valence-electron chi connectivity index (χ3n) is 2.06. The van der Waals surface area contributed by atoms with Gasteiger partial charge in [-0.25, -0.2) is 0 Å². The van der Waals surface area contributed by atoms with Crippen LogP contribution in [0.5, 0.6) is 5.75 Å². The predicted molar refractivity (Wildman–Crippen MR) is 60.7 cm³/mol. The third kappa shape index (κ3) is 3.65. The molecule has 0 bridgehead atoms. The molecule has 0 saturated carbocycles. The molecule has 0 amide bonds. The van der Waals surface area contributed by atoms with E-state index in [2.05, 4.69) is 38.1 Å². The summed E-state index contributed by atoms with van der Waals surface area (Å²) < 4.78 is 5.56. The molecule has 0 aliphatic heterocycles. The molecule has 14 heavy (non-hydrogen) atoms. The minimum absolute atomic E-state index is 0.668. The highest BCUT2D eigenvalue weighted by molar-refractivity contribution is 5.28. The van der Waals surface area contributed by atoms with Gasteiger partial charge in [0.05, 0.1) is 0 Å². The quantitative estimate of drug-likeness (QED) is 0.645. The Kier molecular flexibility index (Phi) is 4.84. The van der Waals surface area contributed by atoms with Gasteiger partial charge < -0.3 is 4.74 Å². The van der Waals surface area contributed by atoms with Crippen molar-refractivity contribution in [3.63, 3.8) is 0 Å². The highest BCUT2D eigenvalue weighted by atomic mass is 16.5. The molecule has 0 radical (unpaired) electrons. The van der Waals surface area contributed by atoms with Crippen LogP contribution in [0.25, 0.3) is 0 Å². The molecule has 1 aromatic carbocycles. The van der Waals surface area contributed by atoms with E-state index in [0.717, 1.165) is 18.6 Å². The monoisotopic (exact) mass is 190 g/mol. The van der Waals surface area contributed by atoms with Crippen LogP contribution in [0.2, 0.25) is 0 Å². The summed E-state index contributed by atoms with van der Waals surface area (Å²) in [7, 11) is 0. The first-order valence-electron chi connectivity index (χ1n) is 5.23. The fraction of sp³-hybridized carbons (Fsp3) is 0.385. The molecule has 1 nitrogen and oxygen atoms in total. The lowest BCUT2D eigenvalue weighted by atomic mass is 10.2. The lowest BCUT2D eigenvalue weighted by molar-refractivity contribution is 0.362. The van der Waals surface area contributed by atoms with E-state index in [1.54, 1.807) is 0 Å². The summed E-state index contributed by atoms with van der Waals surface area (Å²) in [6, 6.07) is 8.26. The number of hydrogen-bond donors (Lipinski definition) is 0. The van der Waals surface area contributed by atoms with Gasteiger partial charge in [0.25, 0.3) is 0 Å². The molecule has 0 heterocycles. The fourth-order valence-corrected chi connectivity index (χ4v) is 1.23. The van der Waals surface area contributed by atoms with Gasteiger partial charge in [-0.1, -0.05) is 38.1 Å². The second kappa shape index (κ2) is 6.25. The average Bonchev–Trinajstić information content (AvgIpc) is 2.25. The minimum Gasteiger partial charge on any atom is -0.490 e. The van der Waals surface area contributed by atoms with E-state index in [-0.39, 0.29) is 0 Å². The molecule has 1 aromatic rings. The third-order valence-corrected chi connectivity index (χ3v) is 2.06. The summed E-state index contributed by atoms with van der Waals surface area (Å²) in [6.07, 6.45) is 6.29. The van der Waals surface area contributed by atoms with Crippen LogP contribution < -0.4 is 4.74 Å². The SMILES string of the molecule is CC/C=C\COc1cccc(CC)c1. The lowest BCUT2D eigenvalue weighted by Gasteiger charge is -2.04. The summed E-state index contributed by atoms with van der Waals surface area (Å²) in [4.78, 5) is 0. The Hall–Kier alpha value is -1.24. The van der Waals surface area contributed by atoms with Gasteiger partial charge in [-0.2, -0.15) is 0 Å². The summed E-state index contributed by atoms with van der Waals surface area (Å²) >= 11 is 0. The van der Waals surface area contributed by atoms with Gasteiger partial charge in [-0.3, -0.25) is 0 Å². The second-order valence-corrected chi connectivity index (χ2v) is 3.19. The molecule has 0 fully saturated rings. The van der Waals surface area contributed by atoms with E-state index in [4.69, 9.17) is 4.74 Å². The Labute approximate surface area is 86.4 Å². The molecule has 1 heteroatoms. The standard InChI is InChI=1S/C13H18O/c1-3-5-6-10-14-13-9-7-8-12(4-2)11-13/h5-9,11H,3-4,10H2,1-2H3/b6-5-. The lowest BCUT2D eigenvalue weighted by Crippen LogP contribution is -1.93. The van der Waals surface area contributed by atoms with Crippen molar-refractivity contribution in [1.29, 1.82) is 0 Å². The Morgan fingerprint density at radius 3 is 2.79 bits per heavy atom. The first-order chi connectivity index (χ1) is 6.86. The number of benzene rings is 1. The van der Waals surface area contributed by atoms with E-state index in [9.17, 15) is 0 Å². The highest BCUT2D eigenvalue weighted by Crippen LogP contribution is 2.13. The van der Waals surface area contributed by atoms with Crippen molar-refractivity contribution in [3.8, 4) is 5.75 Å². The molecule has 76 valence electrons. The van der Waals surface area contributed by atoms with Crippen molar-refractivity contribution < 1.29 is 4.74 Å². The number of allylic oxidation sites excluding steroid dienone is 1. The van der Waals surface area contributed by atoms with Crippen LogP contribution in [0.15, 0.2) is 36.4 Å². The zero-order valence-electron chi connectivity index (χ0n) is 8.99. The van der Waals surface area contributed by atoms with E-state index in [0.29, 0.717) is 6.61 Å². The normalized spacial score (nSPS) is 10.7. The minimum atomic E-state index is 0.668. The number of aryl methyl sites for hydroxylation is 1. The van der Waals surface area contributed by atoms with Gasteiger partial charge in [0.15, 0.2) is 0 Å². The number of rotatable bonds is 5. The first-order valence-corrected chi connectivity index (χ1v) is 5.23. The van der Waals surface area contributed by atoms with Crippen LogP contribution in [0.3, 0.4) is 0 Å². The van der Waals surface area contributed by atoms with E-state index in [1.165, 1.54) is 5.56 Å². The molecule has 0 N–H and O–H groups in total. The molecule has 0 spiro atoms. The van der Waals surface area contributed by atoms with Crippen molar-refractivity contribution in [1.82, 2.24) is 0 Å². The number of ether oxygens (including phenoxy) is 1. The van der Waals surface area contributed by atoms with Gasteiger partial charge in [0, 0.05) is 0 Å². The van der Waals surface area contributed by atoms with Crippen molar-refractivity contribution in [2.24, 2.45) is 0 Å². The maximum atomic E-state index is 5.56. The zero-order chi connectivity index (χ0) is 10.2. The van der Waals surface area contributed by atoms with Gasteiger partial charge in [0.1, 0.15) is 12.4 Å². The van der Waals surface area contributed by atoms with Crippen LogP contribution in [0.4, 0.5) is 0 Å². The second-order valence-electron chi connectivity index (χ2n) is 3.19. The molecule has 0 aliphatic carbocycles. The average molecular weight is 190 g/mol. The van der Waals surface area contributed by atoms with Crippen LogP contribution in [-0.2, 0) is 6.42 Å². The molecule has 0 aliphatic rings. The smallest absolute Gasteiger partial charge is 0.120 e. The molecular formula is C13H18O. The molecule has 0 aromatic heterocycles. The van der Waals surface area contributed by atoms with E-state index < -0.39 is 0 Å². The molecular weight excluding hydrogens is 172 g/mol. The summed E-state index contributed by atoms with van der Waals surface area (Å²) in [6.45, 7) is 4.94. The molecule has 0 unspecified atom stereocenters. The van der Waals surface area contributed by atoms with Crippen molar-refractivity contribution in [2.75, 3.05) is 6.61 Å². The van der Waals surface area contributed by atoms with Gasteiger partial charge in [0.2, 0.25) is 0 Å². The molecule has 0 saturated heterocycles. The Morgan fingerprint density at radius 1 is 1.21 bits per heavy atom. The van der Waals surface area contributed by atoms with Gasteiger partial charge in [-0.05, 0) is 30.5 Å². The fourth-order valence-electron chi connectivity index (χ4n) is 1.23. The van der Waals surface area contributed by atoms with Crippen molar-refractivity contribution >= 4 is 0 Å². The summed E-state index contributed by atoms with van der Waals surface area (Å²) in [5.74, 6) is 0.963. The van der Waals surface area contributed by atoms with Gasteiger partial charge >= 0.3 is 0 Å². The highest BCUT2D eigenvalue weighted by Gasteiger charge is 1.93. The largest absolute Gasteiger partial charge is 0.490 e. The Balaban J connectivity index is 2.46. The molecule has 0 atom stereocenters. The van der Waals surface area contributed by atoms with E-state index in [1.807, 2.05) is 12.1 Å². The van der Waals surface area contributed by atoms with Gasteiger partial charge in [-0.15, -0.1) is 0 Å². The van der Waals surface area contributed by atoms with Crippen LogP contribution in [0.1, 0.15) is 25.8 Å². The molecule has 1 rings (SSSR count). The predicted octanol–water partition coefficient (Wildman–Crippen LogP) is 3.59. The van der Waals surface area contributed by atoms with E-state index >= 15 is 0 Å². The zero-order valence-corrected chi connectivity index (χ0v) is 8.99. The van der Waals surface area contributed by atoms with Crippen LogP contribution in [-0.4, -0.2) is 6.61 Å². The summed E-state index contributed by atoms with van der Waals surface area (Å²) in [5, 5.41) is 0. The maximum absolute atomic E-state index is 5.56. The first kappa shape index (κ1) is 10.8. The Morgan fingerprint density at radius 2 is 2.07 bits per heavy atom. The number of hydrogen-bond acceptors (Lipinski definition) is 1. The Bertz CT molecular complexity index is 289. The summed E-state index contributed by atoms with van der Waals surface area (Å²) in [5.41, 5.74) is 1.32. The maximum Gasteiger partial charge on any atom is 0.120 e. The van der Waals surface area contributed by atoms with Crippen LogP contribution >= 0.6 is 0 Å². The van der Waals surface area contributed by atoms with Crippen molar-refractivity contribution in [3.05, 3.63) is 42.0 Å².